The van der Waals surface area contributed by atoms with Gasteiger partial charge in [-0.05, 0) is 48.2 Å². The minimum Gasteiger partial charge on any atom is -0.494 e. The number of hydrogen-bond acceptors (Lipinski definition) is 1. The van der Waals surface area contributed by atoms with Crippen LogP contribution in [0.1, 0.15) is 27.6 Å². The van der Waals surface area contributed by atoms with Gasteiger partial charge in [-0.15, -0.1) is 11.6 Å². The van der Waals surface area contributed by atoms with E-state index in [-0.39, 0.29) is 11.6 Å². The lowest BCUT2D eigenvalue weighted by atomic mass is 9.99. The molecule has 106 valence electrons. The van der Waals surface area contributed by atoms with Crippen LogP contribution in [0.5, 0.6) is 5.75 Å². The summed E-state index contributed by atoms with van der Waals surface area (Å²) < 4.78 is 32.0. The van der Waals surface area contributed by atoms with Crippen LogP contribution in [-0.2, 0) is 0 Å². The molecule has 0 spiro atoms. The quantitative estimate of drug-likeness (QED) is 0.731. The lowest BCUT2D eigenvalue weighted by molar-refractivity contribution is 0.386. The van der Waals surface area contributed by atoms with Crippen LogP contribution in [0, 0.1) is 25.5 Å². The fourth-order valence-electron chi connectivity index (χ4n) is 2.15. The topological polar surface area (TPSA) is 9.23 Å². The van der Waals surface area contributed by atoms with Crippen molar-refractivity contribution in [1.82, 2.24) is 0 Å². The number of alkyl halides is 1. The Balaban J connectivity index is 2.43. The summed E-state index contributed by atoms with van der Waals surface area (Å²) in [5, 5.41) is -0.484. The third-order valence-corrected chi connectivity index (χ3v) is 3.72. The molecule has 0 aliphatic heterocycles. The standard InChI is InChI=1S/C16H15ClF2O/c1-9-6-12(7-10(2)16(9)19)15(17)11-4-5-13(18)14(8-11)20-3/h4-8,15H,1-3H3. The van der Waals surface area contributed by atoms with Crippen molar-refractivity contribution in [2.24, 2.45) is 0 Å². The number of methoxy groups -OCH3 is 1. The van der Waals surface area contributed by atoms with Crippen molar-refractivity contribution in [2.75, 3.05) is 7.11 Å². The molecule has 1 atom stereocenters. The van der Waals surface area contributed by atoms with Gasteiger partial charge in [-0.2, -0.15) is 0 Å². The van der Waals surface area contributed by atoms with E-state index in [0.717, 1.165) is 5.56 Å². The minimum absolute atomic E-state index is 0.142. The van der Waals surface area contributed by atoms with Crippen LogP contribution in [0.4, 0.5) is 8.78 Å². The molecular formula is C16H15ClF2O. The summed E-state index contributed by atoms with van der Waals surface area (Å²) in [7, 11) is 1.40. The van der Waals surface area contributed by atoms with Gasteiger partial charge < -0.3 is 4.74 Å². The second-order valence-electron chi connectivity index (χ2n) is 4.73. The lowest BCUT2D eigenvalue weighted by Crippen LogP contribution is -1.99. The number of rotatable bonds is 3. The zero-order valence-corrected chi connectivity index (χ0v) is 12.3. The molecule has 0 saturated carbocycles. The number of ether oxygens (including phenoxy) is 1. The number of benzene rings is 2. The monoisotopic (exact) mass is 296 g/mol. The molecule has 0 bridgehead atoms. The van der Waals surface area contributed by atoms with Gasteiger partial charge in [-0.25, -0.2) is 8.78 Å². The first-order valence-electron chi connectivity index (χ1n) is 6.18. The summed E-state index contributed by atoms with van der Waals surface area (Å²) in [5.74, 6) is -0.524. The summed E-state index contributed by atoms with van der Waals surface area (Å²) in [4.78, 5) is 0. The molecule has 0 aromatic heterocycles. The highest BCUT2D eigenvalue weighted by Crippen LogP contribution is 2.33. The molecule has 1 nitrogen and oxygen atoms in total. The van der Waals surface area contributed by atoms with Crippen LogP contribution >= 0.6 is 11.6 Å². The highest BCUT2D eigenvalue weighted by molar-refractivity contribution is 6.22. The second-order valence-corrected chi connectivity index (χ2v) is 5.16. The van der Waals surface area contributed by atoms with Crippen molar-refractivity contribution in [3.05, 3.63) is 64.2 Å². The SMILES string of the molecule is COc1cc(C(Cl)c2cc(C)c(F)c(C)c2)ccc1F. The maximum atomic E-state index is 13.6. The maximum Gasteiger partial charge on any atom is 0.165 e. The largest absolute Gasteiger partial charge is 0.494 e. The van der Waals surface area contributed by atoms with Crippen LogP contribution in [0.3, 0.4) is 0 Å². The predicted octanol–water partition coefficient (Wildman–Crippen LogP) is 4.92. The highest BCUT2D eigenvalue weighted by atomic mass is 35.5. The molecule has 0 N–H and O–H groups in total. The summed E-state index contributed by atoms with van der Waals surface area (Å²) in [6, 6.07) is 7.88. The lowest BCUT2D eigenvalue weighted by Gasteiger charge is -2.14. The van der Waals surface area contributed by atoms with Gasteiger partial charge >= 0.3 is 0 Å². The number of aryl methyl sites for hydroxylation is 2. The fourth-order valence-corrected chi connectivity index (χ4v) is 2.41. The Morgan fingerprint density at radius 3 is 2.15 bits per heavy atom. The Morgan fingerprint density at radius 2 is 1.60 bits per heavy atom. The van der Waals surface area contributed by atoms with Crippen molar-refractivity contribution in [1.29, 1.82) is 0 Å². The predicted molar refractivity (Wildman–Crippen MR) is 76.5 cm³/mol. The van der Waals surface area contributed by atoms with Crippen molar-refractivity contribution >= 4 is 11.6 Å². The number of hydrogen-bond donors (Lipinski definition) is 0. The van der Waals surface area contributed by atoms with E-state index in [4.69, 9.17) is 16.3 Å². The van der Waals surface area contributed by atoms with Crippen LogP contribution < -0.4 is 4.74 Å². The molecule has 0 heterocycles. The molecule has 0 fully saturated rings. The van der Waals surface area contributed by atoms with Crippen LogP contribution in [0.2, 0.25) is 0 Å². The number of halogens is 3. The van der Waals surface area contributed by atoms with E-state index in [9.17, 15) is 8.78 Å². The van der Waals surface area contributed by atoms with Gasteiger partial charge in [0, 0.05) is 0 Å². The Morgan fingerprint density at radius 1 is 1.00 bits per heavy atom. The molecule has 4 heteroatoms. The van der Waals surface area contributed by atoms with Crippen LogP contribution in [0.15, 0.2) is 30.3 Å². The van der Waals surface area contributed by atoms with E-state index < -0.39 is 11.2 Å². The van der Waals surface area contributed by atoms with Gasteiger partial charge in [0.05, 0.1) is 12.5 Å². The first-order valence-corrected chi connectivity index (χ1v) is 6.62. The first kappa shape index (κ1) is 14.8. The van der Waals surface area contributed by atoms with E-state index in [2.05, 4.69) is 0 Å². The first-order chi connectivity index (χ1) is 9.43. The molecular weight excluding hydrogens is 282 g/mol. The molecule has 20 heavy (non-hydrogen) atoms. The normalized spacial score (nSPS) is 12.3. The summed E-state index contributed by atoms with van der Waals surface area (Å²) >= 11 is 6.41. The second kappa shape index (κ2) is 5.80. The van der Waals surface area contributed by atoms with Gasteiger partial charge in [0.25, 0.3) is 0 Å². The minimum atomic E-state index is -0.484. The van der Waals surface area contributed by atoms with Gasteiger partial charge in [-0.3, -0.25) is 0 Å². The molecule has 2 aromatic rings. The maximum absolute atomic E-state index is 13.6. The Labute approximate surface area is 122 Å². The van der Waals surface area contributed by atoms with E-state index >= 15 is 0 Å². The Kier molecular flexibility index (Phi) is 4.29. The molecule has 2 aromatic carbocycles. The van der Waals surface area contributed by atoms with Crippen molar-refractivity contribution < 1.29 is 13.5 Å². The molecule has 0 amide bonds. The molecule has 0 radical (unpaired) electrons. The third-order valence-electron chi connectivity index (χ3n) is 3.22. The van der Waals surface area contributed by atoms with E-state index in [1.165, 1.54) is 13.2 Å². The van der Waals surface area contributed by atoms with Gasteiger partial charge in [0.15, 0.2) is 11.6 Å². The van der Waals surface area contributed by atoms with Crippen LogP contribution in [-0.4, -0.2) is 7.11 Å². The Bertz CT molecular complexity index is 617. The highest BCUT2D eigenvalue weighted by Gasteiger charge is 2.16. The molecule has 0 saturated heterocycles. The zero-order valence-electron chi connectivity index (χ0n) is 11.5. The van der Waals surface area contributed by atoms with Crippen molar-refractivity contribution in [2.45, 2.75) is 19.2 Å². The average Bonchev–Trinajstić information content (AvgIpc) is 2.44. The Hall–Kier alpha value is -1.61. The van der Waals surface area contributed by atoms with Gasteiger partial charge in [0.2, 0.25) is 0 Å². The van der Waals surface area contributed by atoms with Crippen molar-refractivity contribution in [3.8, 4) is 5.75 Å². The van der Waals surface area contributed by atoms with E-state index in [0.29, 0.717) is 16.7 Å². The van der Waals surface area contributed by atoms with Gasteiger partial charge in [-0.1, -0.05) is 18.2 Å². The average molecular weight is 297 g/mol. The van der Waals surface area contributed by atoms with Crippen LogP contribution in [0.25, 0.3) is 0 Å². The van der Waals surface area contributed by atoms with Crippen molar-refractivity contribution in [3.63, 3.8) is 0 Å². The molecule has 1 unspecified atom stereocenters. The molecule has 2 rings (SSSR count). The molecule has 0 aliphatic rings. The summed E-state index contributed by atoms with van der Waals surface area (Å²) in [5.41, 5.74) is 2.56. The third kappa shape index (κ3) is 2.78. The van der Waals surface area contributed by atoms with E-state index in [1.54, 1.807) is 38.1 Å². The summed E-state index contributed by atoms with van der Waals surface area (Å²) in [6.07, 6.45) is 0. The zero-order chi connectivity index (χ0) is 14.9. The van der Waals surface area contributed by atoms with E-state index in [1.807, 2.05) is 0 Å². The fraction of sp³-hybridized carbons (Fsp3) is 0.250. The van der Waals surface area contributed by atoms with Gasteiger partial charge in [0.1, 0.15) is 5.82 Å². The smallest absolute Gasteiger partial charge is 0.165 e. The molecule has 0 aliphatic carbocycles. The summed E-state index contributed by atoms with van der Waals surface area (Å²) in [6.45, 7) is 3.39.